The summed E-state index contributed by atoms with van der Waals surface area (Å²) in [4.78, 5) is 0. The number of rotatable bonds is 2. The summed E-state index contributed by atoms with van der Waals surface area (Å²) in [6, 6.07) is 19.7. The Hall–Kier alpha value is -2.65. The molecule has 2 aliphatic carbocycles. The molecule has 6 rings (SSSR count). The SMILES string of the molecule is ClC1C=CC(C2NC3=C4c5ccccc5NC(c5ccccc5)C4CC=C3O2)CC1. The van der Waals surface area contributed by atoms with Gasteiger partial charge < -0.3 is 15.4 Å². The molecule has 2 N–H and O–H groups in total. The Labute approximate surface area is 182 Å². The third kappa shape index (κ3) is 2.95. The van der Waals surface area contributed by atoms with Crippen molar-refractivity contribution in [1.82, 2.24) is 5.32 Å². The molecule has 0 radical (unpaired) electrons. The summed E-state index contributed by atoms with van der Waals surface area (Å²) in [5.74, 6) is 1.72. The van der Waals surface area contributed by atoms with Crippen molar-refractivity contribution in [3.8, 4) is 0 Å². The third-order valence-electron chi connectivity index (χ3n) is 6.81. The largest absolute Gasteiger partial charge is 0.468 e. The average Bonchev–Trinajstić information content (AvgIpc) is 3.24. The Morgan fingerprint density at radius 1 is 0.900 bits per heavy atom. The number of hydrogen-bond acceptors (Lipinski definition) is 3. The van der Waals surface area contributed by atoms with E-state index in [0.29, 0.717) is 11.8 Å². The van der Waals surface area contributed by atoms with Crippen molar-refractivity contribution in [3.05, 3.63) is 95.4 Å². The van der Waals surface area contributed by atoms with Gasteiger partial charge in [-0.05, 0) is 42.5 Å². The van der Waals surface area contributed by atoms with Crippen LogP contribution in [0.1, 0.15) is 36.4 Å². The summed E-state index contributed by atoms with van der Waals surface area (Å²) in [6.45, 7) is 0. The molecule has 3 nitrogen and oxygen atoms in total. The van der Waals surface area contributed by atoms with Crippen molar-refractivity contribution in [2.45, 2.75) is 36.9 Å². The van der Waals surface area contributed by atoms with Gasteiger partial charge in [0.25, 0.3) is 0 Å². The highest BCUT2D eigenvalue weighted by molar-refractivity contribution is 6.21. The van der Waals surface area contributed by atoms with Crippen LogP contribution in [0.2, 0.25) is 0 Å². The number of alkyl halides is 1. The molecular formula is C26H25ClN2O. The highest BCUT2D eigenvalue weighted by atomic mass is 35.5. The van der Waals surface area contributed by atoms with Gasteiger partial charge >= 0.3 is 0 Å². The summed E-state index contributed by atoms with van der Waals surface area (Å²) in [6.07, 6.45) is 9.61. The van der Waals surface area contributed by atoms with E-state index in [4.69, 9.17) is 16.3 Å². The normalized spacial score (nSPS) is 31.5. The second kappa shape index (κ2) is 7.24. The van der Waals surface area contributed by atoms with E-state index in [1.165, 1.54) is 28.1 Å². The van der Waals surface area contributed by atoms with Gasteiger partial charge in [-0.1, -0.05) is 60.7 Å². The van der Waals surface area contributed by atoms with E-state index in [-0.39, 0.29) is 17.6 Å². The molecule has 2 aromatic rings. The van der Waals surface area contributed by atoms with E-state index in [1.54, 1.807) is 0 Å². The molecule has 0 amide bonds. The number of para-hydroxylation sites is 1. The Morgan fingerprint density at radius 2 is 1.73 bits per heavy atom. The van der Waals surface area contributed by atoms with Crippen molar-refractivity contribution < 1.29 is 4.74 Å². The summed E-state index contributed by atoms with van der Waals surface area (Å²) in [5.41, 5.74) is 6.36. The first-order valence-corrected chi connectivity index (χ1v) is 11.3. The van der Waals surface area contributed by atoms with Gasteiger partial charge in [0.05, 0.1) is 17.1 Å². The maximum absolute atomic E-state index is 6.42. The van der Waals surface area contributed by atoms with Crippen LogP contribution in [0.5, 0.6) is 0 Å². The van der Waals surface area contributed by atoms with Gasteiger partial charge in [0, 0.05) is 23.1 Å². The first kappa shape index (κ1) is 18.1. The van der Waals surface area contributed by atoms with Crippen LogP contribution in [0.15, 0.2) is 84.3 Å². The number of halogens is 1. The molecule has 30 heavy (non-hydrogen) atoms. The van der Waals surface area contributed by atoms with Crippen LogP contribution in [-0.4, -0.2) is 11.6 Å². The smallest absolute Gasteiger partial charge is 0.176 e. The van der Waals surface area contributed by atoms with E-state index >= 15 is 0 Å². The standard InChI is InChI=1S/C26H25ClN2O/c27-18-12-10-17(11-13-18)26-29-25-22(30-26)15-14-20-23(25)19-8-4-5-9-21(19)28-24(20)16-6-2-1-3-7-16/h1-10,12,15,17-18,20,24,26,28-29H,11,13-14H2. The highest BCUT2D eigenvalue weighted by Crippen LogP contribution is 2.51. The van der Waals surface area contributed by atoms with Gasteiger partial charge in [-0.2, -0.15) is 0 Å². The first-order chi connectivity index (χ1) is 14.8. The van der Waals surface area contributed by atoms with Crippen LogP contribution in [0, 0.1) is 11.8 Å². The third-order valence-corrected chi connectivity index (χ3v) is 7.17. The van der Waals surface area contributed by atoms with Crippen LogP contribution in [-0.2, 0) is 4.74 Å². The predicted octanol–water partition coefficient (Wildman–Crippen LogP) is 5.99. The molecule has 2 aliphatic heterocycles. The number of anilines is 1. The fourth-order valence-electron chi connectivity index (χ4n) is 5.32. The summed E-state index contributed by atoms with van der Waals surface area (Å²) in [5, 5.41) is 7.72. The molecule has 152 valence electrons. The molecule has 0 spiro atoms. The maximum atomic E-state index is 6.42. The summed E-state index contributed by atoms with van der Waals surface area (Å²) < 4.78 is 6.42. The Balaban J connectivity index is 1.42. The fourth-order valence-corrected chi connectivity index (χ4v) is 5.53. The number of fused-ring (bicyclic) bond motifs is 4. The lowest BCUT2D eigenvalue weighted by Gasteiger charge is -2.39. The van der Waals surface area contributed by atoms with Crippen LogP contribution in [0.4, 0.5) is 5.69 Å². The number of allylic oxidation sites excluding steroid dienone is 2. The minimum atomic E-state index is -0.0184. The molecule has 1 fully saturated rings. The van der Waals surface area contributed by atoms with Gasteiger partial charge in [-0.3, -0.25) is 0 Å². The van der Waals surface area contributed by atoms with E-state index in [9.17, 15) is 0 Å². The van der Waals surface area contributed by atoms with Crippen LogP contribution in [0.25, 0.3) is 5.57 Å². The van der Waals surface area contributed by atoms with Gasteiger partial charge in [0.1, 0.15) is 5.76 Å². The van der Waals surface area contributed by atoms with Crippen molar-refractivity contribution in [2.75, 3.05) is 5.32 Å². The van der Waals surface area contributed by atoms with Crippen LogP contribution in [0.3, 0.4) is 0 Å². The Bertz CT molecular complexity index is 1060. The van der Waals surface area contributed by atoms with Crippen molar-refractivity contribution in [3.63, 3.8) is 0 Å². The van der Waals surface area contributed by atoms with E-state index in [1.807, 2.05) is 0 Å². The fraction of sp³-hybridized carbons (Fsp3) is 0.308. The molecular weight excluding hydrogens is 392 g/mol. The molecule has 0 aromatic heterocycles. The van der Waals surface area contributed by atoms with Crippen molar-refractivity contribution >= 4 is 22.9 Å². The number of ether oxygens (including phenoxy) is 1. The number of hydrogen-bond donors (Lipinski definition) is 2. The van der Waals surface area contributed by atoms with Crippen molar-refractivity contribution in [2.24, 2.45) is 11.8 Å². The topological polar surface area (TPSA) is 33.3 Å². The van der Waals surface area contributed by atoms with Crippen LogP contribution < -0.4 is 10.6 Å². The van der Waals surface area contributed by atoms with E-state index in [0.717, 1.165) is 25.0 Å². The maximum Gasteiger partial charge on any atom is 0.176 e. The van der Waals surface area contributed by atoms with Crippen LogP contribution >= 0.6 is 11.6 Å². The predicted molar refractivity (Wildman–Crippen MR) is 122 cm³/mol. The minimum absolute atomic E-state index is 0.0184. The number of benzene rings is 2. The Morgan fingerprint density at radius 3 is 2.57 bits per heavy atom. The molecule has 2 heterocycles. The van der Waals surface area contributed by atoms with Crippen molar-refractivity contribution in [1.29, 1.82) is 0 Å². The first-order valence-electron chi connectivity index (χ1n) is 10.9. The Kier molecular flexibility index (Phi) is 4.38. The lowest BCUT2D eigenvalue weighted by atomic mass is 9.74. The average molecular weight is 417 g/mol. The van der Waals surface area contributed by atoms with E-state index in [2.05, 4.69) is 83.5 Å². The summed E-state index contributed by atoms with van der Waals surface area (Å²) >= 11 is 6.26. The monoisotopic (exact) mass is 416 g/mol. The van der Waals surface area contributed by atoms with Gasteiger partial charge in [0.2, 0.25) is 0 Å². The lowest BCUT2D eigenvalue weighted by Crippen LogP contribution is -2.34. The minimum Gasteiger partial charge on any atom is -0.468 e. The zero-order valence-electron chi connectivity index (χ0n) is 16.7. The molecule has 5 atom stereocenters. The second-order valence-corrected chi connectivity index (χ2v) is 9.16. The van der Waals surface area contributed by atoms with Gasteiger partial charge in [-0.15, -0.1) is 11.6 Å². The summed E-state index contributed by atoms with van der Waals surface area (Å²) in [7, 11) is 0. The molecule has 4 aliphatic rings. The molecule has 0 saturated carbocycles. The zero-order chi connectivity index (χ0) is 20.1. The van der Waals surface area contributed by atoms with Gasteiger partial charge in [-0.25, -0.2) is 0 Å². The number of nitrogens with one attached hydrogen (secondary N) is 2. The molecule has 4 heteroatoms. The molecule has 1 saturated heterocycles. The lowest BCUT2D eigenvalue weighted by molar-refractivity contribution is 0.0993. The van der Waals surface area contributed by atoms with Gasteiger partial charge in [0.15, 0.2) is 6.23 Å². The van der Waals surface area contributed by atoms with E-state index < -0.39 is 0 Å². The molecule has 2 aromatic carbocycles. The highest BCUT2D eigenvalue weighted by Gasteiger charge is 2.42. The molecule has 5 unspecified atom stereocenters. The quantitative estimate of drug-likeness (QED) is 0.466. The molecule has 0 bridgehead atoms. The second-order valence-electron chi connectivity index (χ2n) is 8.60. The zero-order valence-corrected chi connectivity index (χ0v) is 17.5.